The highest BCUT2D eigenvalue weighted by Crippen LogP contribution is 2.13. The Morgan fingerprint density at radius 1 is 1.35 bits per heavy atom. The number of halogens is 1. The lowest BCUT2D eigenvalue weighted by molar-refractivity contribution is -0.125. The lowest BCUT2D eigenvalue weighted by atomic mass is 9.98. The van der Waals surface area contributed by atoms with E-state index in [1.165, 1.54) is 6.42 Å². The highest BCUT2D eigenvalue weighted by atomic mass is 35.5. The summed E-state index contributed by atoms with van der Waals surface area (Å²) in [6, 6.07) is 0. The summed E-state index contributed by atoms with van der Waals surface area (Å²) in [5.41, 5.74) is 0. The maximum Gasteiger partial charge on any atom is 0.224 e. The highest BCUT2D eigenvalue weighted by Gasteiger charge is 2.22. The van der Waals surface area contributed by atoms with Crippen molar-refractivity contribution < 1.29 is 9.53 Å². The van der Waals surface area contributed by atoms with Gasteiger partial charge in [0.2, 0.25) is 5.91 Å². The van der Waals surface area contributed by atoms with Crippen molar-refractivity contribution in [2.45, 2.75) is 25.7 Å². The number of piperidine rings is 1. The van der Waals surface area contributed by atoms with Crippen molar-refractivity contribution in [2.24, 2.45) is 11.8 Å². The van der Waals surface area contributed by atoms with E-state index in [0.717, 1.165) is 52.1 Å². The van der Waals surface area contributed by atoms with Crippen LogP contribution >= 0.6 is 12.4 Å². The Morgan fingerprint density at radius 2 is 2.24 bits per heavy atom. The molecule has 0 radical (unpaired) electrons. The van der Waals surface area contributed by atoms with Crippen LogP contribution in [0.5, 0.6) is 0 Å². The number of hydrogen-bond donors (Lipinski definition) is 2. The van der Waals surface area contributed by atoms with Gasteiger partial charge in [-0.1, -0.05) is 0 Å². The van der Waals surface area contributed by atoms with Gasteiger partial charge >= 0.3 is 0 Å². The second kappa shape index (κ2) is 7.90. The largest absolute Gasteiger partial charge is 0.381 e. The van der Waals surface area contributed by atoms with Crippen LogP contribution in [-0.4, -0.2) is 38.8 Å². The minimum absolute atomic E-state index is 0. The van der Waals surface area contributed by atoms with E-state index in [1.807, 2.05) is 0 Å². The van der Waals surface area contributed by atoms with E-state index in [1.54, 1.807) is 0 Å². The smallest absolute Gasteiger partial charge is 0.224 e. The molecule has 2 N–H and O–H groups in total. The molecule has 2 aliphatic rings. The molecule has 2 saturated heterocycles. The predicted octanol–water partition coefficient (Wildman–Crippen LogP) is 0.951. The van der Waals surface area contributed by atoms with Crippen molar-refractivity contribution in [1.29, 1.82) is 0 Å². The minimum Gasteiger partial charge on any atom is -0.381 e. The van der Waals surface area contributed by atoms with Crippen LogP contribution < -0.4 is 10.6 Å². The second-order valence-electron chi connectivity index (χ2n) is 4.87. The number of amides is 1. The summed E-state index contributed by atoms with van der Waals surface area (Å²) in [5.74, 6) is 0.922. The zero-order valence-corrected chi connectivity index (χ0v) is 11.1. The lowest BCUT2D eigenvalue weighted by Gasteiger charge is -2.25. The van der Waals surface area contributed by atoms with Crippen molar-refractivity contribution in [2.75, 3.05) is 32.8 Å². The van der Waals surface area contributed by atoms with E-state index >= 15 is 0 Å². The van der Waals surface area contributed by atoms with E-state index in [-0.39, 0.29) is 24.2 Å². The molecule has 0 aromatic carbocycles. The van der Waals surface area contributed by atoms with Crippen LogP contribution in [-0.2, 0) is 9.53 Å². The van der Waals surface area contributed by atoms with Crippen LogP contribution in [0.25, 0.3) is 0 Å². The molecular weight excluding hydrogens is 240 g/mol. The van der Waals surface area contributed by atoms with Gasteiger partial charge in [-0.15, -0.1) is 12.4 Å². The topological polar surface area (TPSA) is 50.4 Å². The first kappa shape index (κ1) is 14.7. The number of nitrogens with one attached hydrogen (secondary N) is 2. The van der Waals surface area contributed by atoms with Crippen molar-refractivity contribution in [3.05, 3.63) is 0 Å². The third kappa shape index (κ3) is 4.82. The average molecular weight is 263 g/mol. The van der Waals surface area contributed by atoms with Crippen LogP contribution in [0.2, 0.25) is 0 Å². The first-order valence-electron chi connectivity index (χ1n) is 6.42. The average Bonchev–Trinajstić information content (AvgIpc) is 2.38. The number of carbonyl (C=O) groups is 1. The molecular formula is C12H23ClN2O2. The summed E-state index contributed by atoms with van der Waals surface area (Å²) in [6.07, 6.45) is 4.46. The molecule has 0 spiro atoms. The fourth-order valence-electron chi connectivity index (χ4n) is 2.43. The summed E-state index contributed by atoms with van der Waals surface area (Å²) < 4.78 is 5.40. The Hall–Kier alpha value is -0.320. The standard InChI is InChI=1S/C12H22N2O2.ClH/c15-12(11-4-1-5-13-8-11)14-7-10-3-2-6-16-9-10;/h10-11,13H,1-9H2,(H,14,15);1H. The van der Waals surface area contributed by atoms with E-state index < -0.39 is 0 Å². The second-order valence-corrected chi connectivity index (χ2v) is 4.87. The maximum atomic E-state index is 11.8. The molecule has 1 amide bonds. The molecule has 17 heavy (non-hydrogen) atoms. The Labute approximate surface area is 109 Å². The molecule has 2 atom stereocenters. The molecule has 4 nitrogen and oxygen atoms in total. The van der Waals surface area contributed by atoms with Crippen LogP contribution in [0.3, 0.4) is 0 Å². The molecule has 2 aliphatic heterocycles. The van der Waals surface area contributed by atoms with E-state index in [9.17, 15) is 4.79 Å². The minimum atomic E-state index is 0. The molecule has 0 aromatic rings. The van der Waals surface area contributed by atoms with Gasteiger partial charge < -0.3 is 15.4 Å². The van der Waals surface area contributed by atoms with Gasteiger partial charge in [-0.25, -0.2) is 0 Å². The van der Waals surface area contributed by atoms with Gasteiger partial charge in [-0.3, -0.25) is 4.79 Å². The fraction of sp³-hybridized carbons (Fsp3) is 0.917. The Balaban J connectivity index is 0.00000144. The Morgan fingerprint density at radius 3 is 2.88 bits per heavy atom. The van der Waals surface area contributed by atoms with Gasteiger partial charge in [0.15, 0.2) is 0 Å². The monoisotopic (exact) mass is 262 g/mol. The zero-order valence-electron chi connectivity index (χ0n) is 10.2. The van der Waals surface area contributed by atoms with Gasteiger partial charge in [-0.2, -0.15) is 0 Å². The molecule has 5 heteroatoms. The van der Waals surface area contributed by atoms with Crippen molar-refractivity contribution in [3.8, 4) is 0 Å². The van der Waals surface area contributed by atoms with E-state index in [2.05, 4.69) is 10.6 Å². The summed E-state index contributed by atoms with van der Waals surface area (Å²) in [6.45, 7) is 4.38. The number of carbonyl (C=O) groups excluding carboxylic acids is 1. The molecule has 0 aliphatic carbocycles. The normalized spacial score (nSPS) is 29.2. The van der Waals surface area contributed by atoms with Crippen molar-refractivity contribution in [1.82, 2.24) is 10.6 Å². The molecule has 2 unspecified atom stereocenters. The van der Waals surface area contributed by atoms with Gasteiger partial charge in [0.1, 0.15) is 0 Å². The summed E-state index contributed by atoms with van der Waals surface area (Å²) in [5, 5.41) is 6.33. The first-order chi connectivity index (χ1) is 7.86. The van der Waals surface area contributed by atoms with Crippen LogP contribution in [0, 0.1) is 11.8 Å². The molecule has 2 rings (SSSR count). The zero-order chi connectivity index (χ0) is 11.2. The van der Waals surface area contributed by atoms with Crippen LogP contribution in [0.4, 0.5) is 0 Å². The Kier molecular flexibility index (Phi) is 6.85. The SMILES string of the molecule is Cl.O=C(NCC1CCCOC1)C1CCCNC1. The number of ether oxygens (including phenoxy) is 1. The van der Waals surface area contributed by atoms with Gasteiger partial charge in [0.25, 0.3) is 0 Å². The fourth-order valence-corrected chi connectivity index (χ4v) is 2.43. The quantitative estimate of drug-likeness (QED) is 0.796. The summed E-state index contributed by atoms with van der Waals surface area (Å²) in [7, 11) is 0. The van der Waals surface area contributed by atoms with Crippen molar-refractivity contribution in [3.63, 3.8) is 0 Å². The molecule has 2 heterocycles. The summed E-state index contributed by atoms with van der Waals surface area (Å²) >= 11 is 0. The Bertz CT molecular complexity index is 227. The number of rotatable bonds is 3. The molecule has 2 fully saturated rings. The third-order valence-electron chi connectivity index (χ3n) is 3.49. The van der Waals surface area contributed by atoms with Gasteiger partial charge in [-0.05, 0) is 38.1 Å². The third-order valence-corrected chi connectivity index (χ3v) is 3.49. The van der Waals surface area contributed by atoms with E-state index in [0.29, 0.717) is 5.92 Å². The van der Waals surface area contributed by atoms with Crippen LogP contribution in [0.1, 0.15) is 25.7 Å². The molecule has 0 bridgehead atoms. The van der Waals surface area contributed by atoms with Crippen LogP contribution in [0.15, 0.2) is 0 Å². The molecule has 0 aromatic heterocycles. The maximum absolute atomic E-state index is 11.8. The van der Waals surface area contributed by atoms with E-state index in [4.69, 9.17) is 4.74 Å². The number of hydrogen-bond acceptors (Lipinski definition) is 3. The highest BCUT2D eigenvalue weighted by molar-refractivity contribution is 5.85. The lowest BCUT2D eigenvalue weighted by Crippen LogP contribution is -2.42. The van der Waals surface area contributed by atoms with Gasteiger partial charge in [0, 0.05) is 19.7 Å². The predicted molar refractivity (Wildman–Crippen MR) is 69.4 cm³/mol. The van der Waals surface area contributed by atoms with Gasteiger partial charge in [0.05, 0.1) is 12.5 Å². The first-order valence-corrected chi connectivity index (χ1v) is 6.42. The molecule has 0 saturated carbocycles. The summed E-state index contributed by atoms with van der Waals surface area (Å²) in [4.78, 5) is 11.8. The molecule has 100 valence electrons. The van der Waals surface area contributed by atoms with Crippen molar-refractivity contribution >= 4 is 18.3 Å².